The zero-order chi connectivity index (χ0) is 25.5. The van der Waals surface area contributed by atoms with E-state index in [4.69, 9.17) is 40.5 Å². The van der Waals surface area contributed by atoms with Crippen LogP contribution in [0, 0.1) is 14.9 Å². The van der Waals surface area contributed by atoms with Crippen molar-refractivity contribution in [3.63, 3.8) is 0 Å². The van der Waals surface area contributed by atoms with Crippen LogP contribution in [0.4, 0.5) is 0 Å². The molecule has 1 aromatic heterocycles. The highest BCUT2D eigenvalue weighted by Gasteiger charge is 2.22. The summed E-state index contributed by atoms with van der Waals surface area (Å²) in [5.74, 6) is 0. The number of aromatic nitrogens is 3. The minimum absolute atomic E-state index is 0.206. The van der Waals surface area contributed by atoms with Crippen LogP contribution in [0.15, 0.2) is 40.3 Å². The van der Waals surface area contributed by atoms with Crippen LogP contribution >= 0.6 is 35.4 Å². The number of allylic oxidation sites excluding steroid dienone is 3. The maximum Gasteiger partial charge on any atom is 0.347 e. The number of hydrogen-bond donors (Lipinski definition) is 3. The van der Waals surface area contributed by atoms with Gasteiger partial charge in [0, 0.05) is 6.42 Å². The molecule has 1 atom stereocenters. The molecule has 11 heteroatoms. The Labute approximate surface area is 208 Å². The van der Waals surface area contributed by atoms with Gasteiger partial charge < -0.3 is 5.11 Å². The molecular weight excluding hydrogens is 487 g/mol. The van der Waals surface area contributed by atoms with Crippen molar-refractivity contribution in [2.75, 3.05) is 0 Å². The molecule has 2 rings (SSSR count). The Morgan fingerprint density at radius 3 is 2.30 bits per heavy atom. The predicted molar refractivity (Wildman–Crippen MR) is 136 cm³/mol. The fourth-order valence-corrected chi connectivity index (χ4v) is 3.36. The van der Waals surface area contributed by atoms with Crippen LogP contribution in [0.25, 0.3) is 5.69 Å². The molecule has 33 heavy (non-hydrogen) atoms. The second-order valence-corrected chi connectivity index (χ2v) is 9.63. The quantitative estimate of drug-likeness (QED) is 0.185. The Morgan fingerprint density at radius 2 is 1.88 bits per heavy atom. The maximum absolute atomic E-state index is 11.8. The Balaban J connectivity index is 0.000000349. The van der Waals surface area contributed by atoms with Gasteiger partial charge in [0.25, 0.3) is 0 Å². The second kappa shape index (κ2) is 12.3. The molecule has 2 aromatic rings. The highest BCUT2D eigenvalue weighted by Crippen LogP contribution is 2.34. The summed E-state index contributed by atoms with van der Waals surface area (Å²) in [4.78, 5) is 21.9. The molecule has 3 N–H and O–H groups in total. The summed E-state index contributed by atoms with van der Waals surface area (Å²) in [5.41, 5.74) is 2.05. The standard InChI is InChI=1S/C12H13Cl2N3OS.C10H17NO3/c1-12(2,3)6-4-7(13)8(14)5-9(6)17-10(18)15-16-11(17)19;1-4-10(11(13)14)7-5-6-8(2)9(3)12/h4-5H,1-3H3,(H,15,18)(H,16,19);4,6,9,12H,5,7H2,1-3H3/b;8-6+,10-4+. The minimum atomic E-state index is -0.473. The molecule has 0 saturated carbocycles. The van der Waals surface area contributed by atoms with E-state index in [9.17, 15) is 14.9 Å². The molecule has 182 valence electrons. The fourth-order valence-electron chi connectivity index (χ4n) is 2.81. The van der Waals surface area contributed by atoms with Crippen molar-refractivity contribution < 1.29 is 10.0 Å². The van der Waals surface area contributed by atoms with Crippen LogP contribution in [0.3, 0.4) is 0 Å². The molecule has 1 aromatic carbocycles. The molecule has 8 nitrogen and oxygen atoms in total. The lowest BCUT2D eigenvalue weighted by Gasteiger charge is -2.23. The number of H-pyrrole nitrogens is 2. The van der Waals surface area contributed by atoms with Crippen molar-refractivity contribution in [1.29, 1.82) is 0 Å². The van der Waals surface area contributed by atoms with Crippen LogP contribution in [0.5, 0.6) is 0 Å². The van der Waals surface area contributed by atoms with Gasteiger partial charge in [-0.3, -0.25) is 15.2 Å². The summed E-state index contributed by atoms with van der Waals surface area (Å²) in [6.07, 6.45) is 3.87. The number of aliphatic hydroxyl groups excluding tert-OH is 1. The first-order valence-electron chi connectivity index (χ1n) is 10.2. The normalized spacial score (nSPS) is 13.4. The van der Waals surface area contributed by atoms with Gasteiger partial charge in [-0.1, -0.05) is 50.0 Å². The second-order valence-electron chi connectivity index (χ2n) is 8.43. The van der Waals surface area contributed by atoms with Crippen molar-refractivity contribution >= 4 is 35.4 Å². The first kappa shape index (κ1) is 28.8. The van der Waals surface area contributed by atoms with Gasteiger partial charge in [-0.2, -0.15) is 0 Å². The SMILES string of the molecule is C/C=C(\CC/C=C(\C)C(C)O)[N+](=O)[O-].CC(C)(C)c1cc(Cl)c(Cl)cc1-n1c(=O)[nH][nH]c1=S. The lowest BCUT2D eigenvalue weighted by molar-refractivity contribution is -0.428. The molecule has 0 saturated heterocycles. The fraction of sp³-hybridized carbons (Fsp3) is 0.455. The Bertz CT molecular complexity index is 1130. The minimum Gasteiger partial charge on any atom is -0.389 e. The molecule has 0 fully saturated rings. The zero-order valence-corrected chi connectivity index (χ0v) is 21.9. The van der Waals surface area contributed by atoms with Crippen molar-refractivity contribution in [2.24, 2.45) is 0 Å². The monoisotopic (exact) mass is 516 g/mol. The number of nitrogens with zero attached hydrogens (tertiary/aromatic N) is 2. The predicted octanol–water partition coefficient (Wildman–Crippen LogP) is 6.10. The van der Waals surface area contributed by atoms with Gasteiger partial charge in [-0.05, 0) is 74.2 Å². The van der Waals surface area contributed by atoms with E-state index in [0.29, 0.717) is 28.6 Å². The van der Waals surface area contributed by atoms with Crippen molar-refractivity contribution in [2.45, 2.75) is 65.9 Å². The summed E-state index contributed by atoms with van der Waals surface area (Å²) < 4.78 is 1.66. The van der Waals surface area contributed by atoms with Crippen LogP contribution in [-0.2, 0) is 5.41 Å². The summed E-state index contributed by atoms with van der Waals surface area (Å²) >= 11 is 17.2. The van der Waals surface area contributed by atoms with E-state index in [1.807, 2.05) is 33.8 Å². The van der Waals surface area contributed by atoms with Gasteiger partial charge >= 0.3 is 5.69 Å². The number of halogens is 2. The average Bonchev–Trinajstić information content (AvgIpc) is 3.04. The first-order valence-corrected chi connectivity index (χ1v) is 11.4. The van der Waals surface area contributed by atoms with E-state index in [1.54, 1.807) is 26.0 Å². The maximum atomic E-state index is 11.8. The number of benzene rings is 1. The van der Waals surface area contributed by atoms with Crippen molar-refractivity contribution in [3.8, 4) is 5.69 Å². The highest BCUT2D eigenvalue weighted by atomic mass is 35.5. The van der Waals surface area contributed by atoms with Gasteiger partial charge in [0.15, 0.2) is 0 Å². The van der Waals surface area contributed by atoms with E-state index >= 15 is 0 Å². The van der Waals surface area contributed by atoms with Gasteiger partial charge in [-0.15, -0.1) is 0 Å². The van der Waals surface area contributed by atoms with Crippen LogP contribution in [0.1, 0.15) is 59.9 Å². The van der Waals surface area contributed by atoms with E-state index in [1.165, 1.54) is 10.6 Å². The number of nitro groups is 1. The topological polar surface area (TPSA) is 117 Å². The number of aromatic amines is 2. The largest absolute Gasteiger partial charge is 0.389 e. The van der Waals surface area contributed by atoms with Gasteiger partial charge in [0.2, 0.25) is 10.5 Å². The van der Waals surface area contributed by atoms with E-state index < -0.39 is 6.10 Å². The first-order chi connectivity index (χ1) is 15.2. The lowest BCUT2D eigenvalue weighted by atomic mass is 9.85. The molecule has 1 unspecified atom stereocenters. The van der Waals surface area contributed by atoms with Gasteiger partial charge in [0.05, 0.1) is 26.8 Å². The van der Waals surface area contributed by atoms with Crippen LogP contribution < -0.4 is 5.69 Å². The Morgan fingerprint density at radius 1 is 1.30 bits per heavy atom. The van der Waals surface area contributed by atoms with E-state index in [0.717, 1.165) is 11.1 Å². The molecular formula is C22H30Cl2N4O4S. The third-order valence-corrected chi connectivity index (χ3v) is 5.87. The molecule has 0 bridgehead atoms. The summed E-state index contributed by atoms with van der Waals surface area (Å²) in [6, 6.07) is 3.43. The molecule has 0 aliphatic heterocycles. The Kier molecular flexibility index (Phi) is 10.8. The molecule has 1 heterocycles. The number of nitrogens with one attached hydrogen (secondary N) is 2. The summed E-state index contributed by atoms with van der Waals surface area (Å²) in [5, 5.41) is 25.4. The number of aliphatic hydroxyl groups is 1. The molecule has 0 aliphatic rings. The highest BCUT2D eigenvalue weighted by molar-refractivity contribution is 7.71. The third-order valence-electron chi connectivity index (χ3n) is 4.86. The average molecular weight is 517 g/mol. The molecule has 0 aliphatic carbocycles. The van der Waals surface area contributed by atoms with E-state index in [2.05, 4.69) is 10.2 Å². The van der Waals surface area contributed by atoms with Crippen molar-refractivity contribution in [1.82, 2.24) is 14.8 Å². The Hall–Kier alpha value is -2.20. The molecule has 0 radical (unpaired) electrons. The number of rotatable bonds is 6. The number of hydrogen-bond acceptors (Lipinski definition) is 5. The van der Waals surface area contributed by atoms with Gasteiger partial charge in [-0.25, -0.2) is 14.5 Å². The molecule has 0 amide bonds. The molecule has 0 spiro atoms. The summed E-state index contributed by atoms with van der Waals surface area (Å²) in [6.45, 7) is 11.2. The smallest absolute Gasteiger partial charge is 0.347 e. The third kappa shape index (κ3) is 8.26. The zero-order valence-electron chi connectivity index (χ0n) is 19.5. The van der Waals surface area contributed by atoms with Crippen molar-refractivity contribution in [3.05, 3.63) is 76.5 Å². The van der Waals surface area contributed by atoms with Gasteiger partial charge in [0.1, 0.15) is 0 Å². The summed E-state index contributed by atoms with van der Waals surface area (Å²) in [7, 11) is 0. The lowest BCUT2D eigenvalue weighted by Crippen LogP contribution is -2.21. The van der Waals surface area contributed by atoms with E-state index in [-0.39, 0.29) is 26.5 Å². The van der Waals surface area contributed by atoms with Crippen LogP contribution in [-0.4, -0.2) is 30.9 Å². The van der Waals surface area contributed by atoms with Crippen LogP contribution in [0.2, 0.25) is 10.0 Å².